The molecule has 0 aliphatic carbocycles. The van der Waals surface area contributed by atoms with Crippen LogP contribution in [0.25, 0.3) is 0 Å². The van der Waals surface area contributed by atoms with E-state index in [1.807, 2.05) is 15.2 Å². The number of carbonyl (C=O) groups is 2. The minimum Gasteiger partial charge on any atom is -0.383 e. The van der Waals surface area contributed by atoms with Crippen LogP contribution in [0.2, 0.25) is 0 Å². The second-order valence-corrected chi connectivity index (χ2v) is 7.81. The van der Waals surface area contributed by atoms with Gasteiger partial charge in [0.05, 0.1) is 25.5 Å². The smallest absolute Gasteiger partial charge is 0.228 e. The molecule has 0 aromatic carbocycles. The first-order valence-electron chi connectivity index (χ1n) is 8.92. The van der Waals surface area contributed by atoms with E-state index >= 15 is 0 Å². The van der Waals surface area contributed by atoms with E-state index in [0.29, 0.717) is 32.7 Å². The van der Waals surface area contributed by atoms with Crippen molar-refractivity contribution in [1.29, 1.82) is 0 Å². The lowest BCUT2D eigenvalue weighted by atomic mass is 9.94. The molecule has 7 nitrogen and oxygen atoms in total. The van der Waals surface area contributed by atoms with Crippen molar-refractivity contribution in [2.45, 2.75) is 25.3 Å². The predicted molar refractivity (Wildman–Crippen MR) is 96.0 cm³/mol. The molecule has 0 spiro atoms. The molecule has 0 aromatic rings. The standard InChI is InChI=1S/C17H24N4O3S/c1-24-7-6-20-13-3-2-12(16(20)23)9-19(10-13)15(22)8-14-11-25-17-18-4-5-21(14)17/h11-13H,2-10H2,1H3/t12-,13+/m1/s1. The number of methoxy groups -OCH3 is 1. The van der Waals surface area contributed by atoms with Crippen LogP contribution >= 0.6 is 11.8 Å². The van der Waals surface area contributed by atoms with Crippen LogP contribution in [0.15, 0.2) is 16.1 Å². The first-order valence-corrected chi connectivity index (χ1v) is 9.80. The summed E-state index contributed by atoms with van der Waals surface area (Å²) < 4.78 is 5.14. The summed E-state index contributed by atoms with van der Waals surface area (Å²) in [4.78, 5) is 36.0. The van der Waals surface area contributed by atoms with E-state index in [4.69, 9.17) is 4.74 Å². The second kappa shape index (κ2) is 6.99. The van der Waals surface area contributed by atoms with E-state index < -0.39 is 0 Å². The zero-order valence-electron chi connectivity index (χ0n) is 14.5. The van der Waals surface area contributed by atoms with Crippen LogP contribution in [0.4, 0.5) is 0 Å². The van der Waals surface area contributed by atoms with Gasteiger partial charge in [0.1, 0.15) is 0 Å². The Hall–Kier alpha value is -1.54. The van der Waals surface area contributed by atoms with Gasteiger partial charge in [-0.1, -0.05) is 11.8 Å². The van der Waals surface area contributed by atoms with Crippen molar-refractivity contribution in [1.82, 2.24) is 14.7 Å². The quantitative estimate of drug-likeness (QED) is 0.720. The lowest BCUT2D eigenvalue weighted by molar-refractivity contribution is -0.140. The third kappa shape index (κ3) is 3.17. The molecule has 0 unspecified atom stereocenters. The number of carbonyl (C=O) groups excluding carboxylic acids is 2. The van der Waals surface area contributed by atoms with E-state index in [1.54, 1.807) is 18.9 Å². The molecule has 2 bridgehead atoms. The Balaban J connectivity index is 1.42. The largest absolute Gasteiger partial charge is 0.383 e. The monoisotopic (exact) mass is 364 g/mol. The molecule has 136 valence electrons. The summed E-state index contributed by atoms with van der Waals surface area (Å²) in [6, 6.07) is 0.126. The summed E-state index contributed by atoms with van der Waals surface area (Å²) in [6.07, 6.45) is 2.27. The minimum absolute atomic E-state index is 0.0598. The van der Waals surface area contributed by atoms with Gasteiger partial charge < -0.3 is 19.4 Å². The first-order chi connectivity index (χ1) is 12.2. The molecule has 2 amide bonds. The fraction of sp³-hybridized carbons (Fsp3) is 0.706. The van der Waals surface area contributed by atoms with Gasteiger partial charge in [-0.15, -0.1) is 0 Å². The van der Waals surface area contributed by atoms with Crippen LogP contribution in [-0.2, 0) is 14.3 Å². The number of aliphatic imine (C=N–C) groups is 1. The van der Waals surface area contributed by atoms with Crippen molar-refractivity contribution in [2.24, 2.45) is 10.9 Å². The summed E-state index contributed by atoms with van der Waals surface area (Å²) in [5, 5.41) is 3.05. The molecule has 0 N–H and O–H groups in total. The van der Waals surface area contributed by atoms with Gasteiger partial charge in [-0.2, -0.15) is 0 Å². The Morgan fingerprint density at radius 3 is 3.12 bits per heavy atom. The van der Waals surface area contributed by atoms with Gasteiger partial charge in [-0.25, -0.2) is 0 Å². The average molecular weight is 364 g/mol. The molecule has 3 fully saturated rings. The molecule has 5 aliphatic heterocycles. The van der Waals surface area contributed by atoms with Crippen molar-refractivity contribution in [3.63, 3.8) is 0 Å². The number of hydrogen-bond donors (Lipinski definition) is 0. The summed E-state index contributed by atoms with van der Waals surface area (Å²) >= 11 is 1.60. The van der Waals surface area contributed by atoms with Gasteiger partial charge >= 0.3 is 0 Å². The number of ether oxygens (including phenoxy) is 1. The average Bonchev–Trinajstić information content (AvgIpc) is 3.11. The Morgan fingerprint density at radius 1 is 1.40 bits per heavy atom. The van der Waals surface area contributed by atoms with E-state index in [9.17, 15) is 9.59 Å². The molecule has 25 heavy (non-hydrogen) atoms. The summed E-state index contributed by atoms with van der Waals surface area (Å²) in [7, 11) is 1.65. The topological polar surface area (TPSA) is 65.5 Å². The summed E-state index contributed by atoms with van der Waals surface area (Å²) in [6.45, 7) is 4.05. The highest BCUT2D eigenvalue weighted by molar-refractivity contribution is 8.16. The highest BCUT2D eigenvalue weighted by Crippen LogP contribution is 2.33. The molecular weight excluding hydrogens is 340 g/mol. The lowest BCUT2D eigenvalue weighted by Gasteiger charge is -2.35. The van der Waals surface area contributed by atoms with Crippen LogP contribution in [0.3, 0.4) is 0 Å². The van der Waals surface area contributed by atoms with Crippen molar-refractivity contribution in [3.05, 3.63) is 11.1 Å². The second-order valence-electron chi connectivity index (χ2n) is 6.97. The number of amides is 2. The van der Waals surface area contributed by atoms with Gasteiger partial charge in [-0.05, 0) is 18.2 Å². The molecule has 0 aromatic heterocycles. The Kier molecular flexibility index (Phi) is 4.73. The van der Waals surface area contributed by atoms with Crippen molar-refractivity contribution < 1.29 is 14.3 Å². The molecule has 5 heterocycles. The van der Waals surface area contributed by atoms with Crippen molar-refractivity contribution in [2.75, 3.05) is 46.4 Å². The molecule has 8 heteroatoms. The Labute approximate surface area is 152 Å². The van der Waals surface area contributed by atoms with Crippen molar-refractivity contribution in [3.8, 4) is 0 Å². The van der Waals surface area contributed by atoms with Gasteiger partial charge in [0.15, 0.2) is 5.17 Å². The van der Waals surface area contributed by atoms with Crippen LogP contribution in [-0.4, -0.2) is 84.2 Å². The van der Waals surface area contributed by atoms with Gasteiger partial charge in [-0.3, -0.25) is 14.6 Å². The maximum Gasteiger partial charge on any atom is 0.228 e. The van der Waals surface area contributed by atoms with Crippen LogP contribution in [0.5, 0.6) is 0 Å². The molecular formula is C17H24N4O3S. The van der Waals surface area contributed by atoms with Crippen LogP contribution in [0.1, 0.15) is 19.3 Å². The zero-order chi connectivity index (χ0) is 17.4. The van der Waals surface area contributed by atoms with Crippen molar-refractivity contribution >= 4 is 28.7 Å². The maximum atomic E-state index is 12.9. The third-order valence-corrected chi connectivity index (χ3v) is 6.41. The number of amidine groups is 1. The Morgan fingerprint density at radius 2 is 2.28 bits per heavy atom. The number of fused-ring (bicyclic) bond motifs is 5. The zero-order valence-corrected chi connectivity index (χ0v) is 15.3. The van der Waals surface area contributed by atoms with E-state index in [0.717, 1.165) is 36.8 Å². The maximum absolute atomic E-state index is 12.9. The fourth-order valence-corrected chi connectivity index (χ4v) is 5.06. The molecule has 3 saturated heterocycles. The molecule has 5 rings (SSSR count). The van der Waals surface area contributed by atoms with E-state index in [2.05, 4.69) is 9.89 Å². The SMILES string of the molecule is COCCN1C(=O)[C@@H]2CC[C@H]1CN(C(=O)CC1=CSC3=NCCN13)C2. The lowest BCUT2D eigenvalue weighted by Crippen LogP contribution is -2.49. The normalized spacial score (nSPS) is 28.2. The van der Waals surface area contributed by atoms with E-state index in [1.165, 1.54) is 0 Å². The van der Waals surface area contributed by atoms with Crippen LogP contribution < -0.4 is 0 Å². The molecule has 0 saturated carbocycles. The number of hydrogen-bond acceptors (Lipinski definition) is 6. The van der Waals surface area contributed by atoms with E-state index in [-0.39, 0.29) is 23.8 Å². The highest BCUT2D eigenvalue weighted by Gasteiger charge is 2.42. The number of rotatable bonds is 5. The first kappa shape index (κ1) is 16.9. The predicted octanol–water partition coefficient (Wildman–Crippen LogP) is 0.732. The Bertz CT molecular complexity index is 635. The van der Waals surface area contributed by atoms with Gasteiger partial charge in [0, 0.05) is 45.0 Å². The number of piperidine rings is 1. The molecule has 0 radical (unpaired) electrons. The van der Waals surface area contributed by atoms with Gasteiger partial charge in [0.25, 0.3) is 0 Å². The molecule has 5 aliphatic rings. The summed E-state index contributed by atoms with van der Waals surface area (Å²) in [5.74, 6) is 0.252. The number of thioether (sulfide) groups is 1. The highest BCUT2D eigenvalue weighted by atomic mass is 32.2. The fourth-order valence-electron chi connectivity index (χ4n) is 4.11. The van der Waals surface area contributed by atoms with Gasteiger partial charge in [0.2, 0.25) is 11.8 Å². The summed E-state index contributed by atoms with van der Waals surface area (Å²) in [5.41, 5.74) is 1.05. The molecule has 2 atom stereocenters. The van der Waals surface area contributed by atoms with Crippen LogP contribution in [0, 0.1) is 5.92 Å². The third-order valence-electron chi connectivity index (χ3n) is 5.46. The number of nitrogens with zero attached hydrogens (tertiary/aromatic N) is 4. The minimum atomic E-state index is -0.0598.